The zero-order chi connectivity index (χ0) is 25.2. The molecule has 1 aliphatic carbocycles. The highest BCUT2D eigenvalue weighted by Gasteiger charge is 2.42. The lowest BCUT2D eigenvalue weighted by Crippen LogP contribution is -2.36. The minimum Gasteiger partial charge on any atom is -0.461 e. The van der Waals surface area contributed by atoms with Crippen LogP contribution in [0.4, 0.5) is 0 Å². The van der Waals surface area contributed by atoms with Crippen LogP contribution in [-0.2, 0) is 14.3 Å². The molecule has 2 aromatic rings. The molecule has 0 unspecified atom stereocenters. The summed E-state index contributed by atoms with van der Waals surface area (Å²) in [6, 6.07) is 13.8. The lowest BCUT2D eigenvalue weighted by molar-refractivity contribution is -0.138. The quantitative estimate of drug-likeness (QED) is 0.332. The first-order chi connectivity index (χ1) is 17.5. The molecule has 6 nitrogen and oxygen atoms in total. The molecule has 2 atom stereocenters. The number of dihydropyridines is 1. The van der Waals surface area contributed by atoms with Gasteiger partial charge in [0, 0.05) is 39.5 Å². The highest BCUT2D eigenvalue weighted by molar-refractivity contribution is 9.10. The van der Waals surface area contributed by atoms with Gasteiger partial charge in [-0.3, -0.25) is 4.79 Å². The largest absolute Gasteiger partial charge is 0.461 e. The normalized spacial score (nSPS) is 20.8. The molecule has 2 heterocycles. The SMILES string of the molecule is CCSCCOC(=O)C1=C(C)NC2=C(C(=O)C[C@@H](c3ccccc3)C2)[C@H]1c1cc2c(cc1Br)OCO2. The van der Waals surface area contributed by atoms with Crippen molar-refractivity contribution in [2.45, 2.75) is 38.5 Å². The smallest absolute Gasteiger partial charge is 0.336 e. The molecule has 8 heteroatoms. The van der Waals surface area contributed by atoms with Crippen LogP contribution < -0.4 is 14.8 Å². The van der Waals surface area contributed by atoms with Crippen LogP contribution in [0.5, 0.6) is 11.5 Å². The Labute approximate surface area is 223 Å². The zero-order valence-electron chi connectivity index (χ0n) is 20.3. The summed E-state index contributed by atoms with van der Waals surface area (Å²) in [6.45, 7) is 4.41. The van der Waals surface area contributed by atoms with Gasteiger partial charge in [0.15, 0.2) is 17.3 Å². The number of Topliss-reactive ketones (excluding diaryl/α,β-unsaturated/α-hetero) is 1. The summed E-state index contributed by atoms with van der Waals surface area (Å²) in [6.07, 6.45) is 1.08. The Morgan fingerprint density at radius 2 is 1.92 bits per heavy atom. The van der Waals surface area contributed by atoms with E-state index in [1.807, 2.05) is 37.3 Å². The van der Waals surface area contributed by atoms with Crippen molar-refractivity contribution in [3.8, 4) is 11.5 Å². The summed E-state index contributed by atoms with van der Waals surface area (Å²) < 4.78 is 17.6. The summed E-state index contributed by atoms with van der Waals surface area (Å²) in [7, 11) is 0. The second-order valence-corrected chi connectivity index (χ2v) is 11.2. The van der Waals surface area contributed by atoms with Gasteiger partial charge in [0.25, 0.3) is 0 Å². The lowest BCUT2D eigenvalue weighted by Gasteiger charge is -2.37. The number of esters is 1. The number of ketones is 1. The number of halogens is 1. The fourth-order valence-electron chi connectivity index (χ4n) is 5.15. The molecule has 0 bridgehead atoms. The zero-order valence-corrected chi connectivity index (χ0v) is 22.7. The third-order valence-corrected chi connectivity index (χ3v) is 8.34. The number of hydrogen-bond acceptors (Lipinski definition) is 7. The third-order valence-electron chi connectivity index (χ3n) is 6.79. The van der Waals surface area contributed by atoms with E-state index in [1.165, 1.54) is 0 Å². The van der Waals surface area contributed by atoms with Crippen molar-refractivity contribution in [1.29, 1.82) is 0 Å². The average Bonchev–Trinajstić information content (AvgIpc) is 3.32. The maximum atomic E-state index is 13.8. The maximum absolute atomic E-state index is 13.8. The predicted octanol–water partition coefficient (Wildman–Crippen LogP) is 5.84. The molecule has 0 fully saturated rings. The standard InChI is InChI=1S/C28H28BrNO5S/c1-3-36-10-9-33-28(32)25-16(2)30-21-11-18(17-7-5-4-6-8-17)12-22(31)27(21)26(25)19-13-23-24(14-20(19)29)35-15-34-23/h4-8,13-14,18,26,30H,3,9-12,15H2,1-2H3/t18-,26-/m0/s1. The lowest BCUT2D eigenvalue weighted by atomic mass is 9.71. The molecule has 0 radical (unpaired) electrons. The van der Waals surface area contributed by atoms with E-state index >= 15 is 0 Å². The summed E-state index contributed by atoms with van der Waals surface area (Å²) in [4.78, 5) is 27.2. The van der Waals surface area contributed by atoms with E-state index in [4.69, 9.17) is 14.2 Å². The van der Waals surface area contributed by atoms with E-state index in [0.717, 1.165) is 32.8 Å². The first-order valence-corrected chi connectivity index (χ1v) is 14.1. The van der Waals surface area contributed by atoms with Crippen molar-refractivity contribution in [3.05, 3.63) is 80.6 Å². The second kappa shape index (κ2) is 10.7. The number of rotatable bonds is 7. The van der Waals surface area contributed by atoms with Crippen LogP contribution in [0.25, 0.3) is 0 Å². The van der Waals surface area contributed by atoms with E-state index in [1.54, 1.807) is 11.8 Å². The summed E-state index contributed by atoms with van der Waals surface area (Å²) in [5.74, 6) is 2.06. The second-order valence-electron chi connectivity index (χ2n) is 8.99. The predicted molar refractivity (Wildman–Crippen MR) is 143 cm³/mol. The first-order valence-electron chi connectivity index (χ1n) is 12.1. The minimum atomic E-state index is -0.569. The summed E-state index contributed by atoms with van der Waals surface area (Å²) in [5.41, 5.74) is 4.58. The molecule has 0 saturated heterocycles. The summed E-state index contributed by atoms with van der Waals surface area (Å²) in [5, 5.41) is 3.41. The minimum absolute atomic E-state index is 0.0338. The van der Waals surface area contributed by atoms with Gasteiger partial charge in [-0.25, -0.2) is 4.79 Å². The Bertz CT molecular complexity index is 1260. The molecule has 36 heavy (non-hydrogen) atoms. The number of ether oxygens (including phenoxy) is 3. The molecule has 2 aliphatic heterocycles. The molecule has 0 aromatic heterocycles. The van der Waals surface area contributed by atoms with Gasteiger partial charge in [-0.1, -0.05) is 53.2 Å². The van der Waals surface area contributed by atoms with E-state index < -0.39 is 11.9 Å². The Morgan fingerprint density at radius 3 is 2.67 bits per heavy atom. The fourth-order valence-corrected chi connectivity index (χ4v) is 6.19. The van der Waals surface area contributed by atoms with Crippen molar-refractivity contribution in [2.24, 2.45) is 0 Å². The van der Waals surface area contributed by atoms with Gasteiger partial charge < -0.3 is 19.5 Å². The highest BCUT2D eigenvalue weighted by Crippen LogP contribution is 2.49. The van der Waals surface area contributed by atoms with Gasteiger partial charge in [0.2, 0.25) is 6.79 Å². The molecule has 2 aromatic carbocycles. The van der Waals surface area contributed by atoms with Crippen molar-refractivity contribution in [3.63, 3.8) is 0 Å². The Morgan fingerprint density at radius 1 is 1.17 bits per heavy atom. The fraction of sp³-hybridized carbons (Fsp3) is 0.357. The molecular weight excluding hydrogens is 542 g/mol. The van der Waals surface area contributed by atoms with Gasteiger partial charge in [-0.15, -0.1) is 0 Å². The monoisotopic (exact) mass is 569 g/mol. The van der Waals surface area contributed by atoms with Crippen molar-refractivity contribution < 1.29 is 23.8 Å². The first kappa shape index (κ1) is 25.0. The van der Waals surface area contributed by atoms with E-state index in [9.17, 15) is 9.59 Å². The number of fused-ring (bicyclic) bond motifs is 1. The number of benzene rings is 2. The van der Waals surface area contributed by atoms with E-state index in [0.29, 0.717) is 47.8 Å². The van der Waals surface area contributed by atoms with Gasteiger partial charge in [0.1, 0.15) is 6.61 Å². The molecule has 1 N–H and O–H groups in total. The van der Waals surface area contributed by atoms with Crippen LogP contribution in [0.2, 0.25) is 0 Å². The Hall–Kier alpha value is -2.71. The number of carbonyl (C=O) groups is 2. The Balaban J connectivity index is 1.56. The maximum Gasteiger partial charge on any atom is 0.336 e. The highest BCUT2D eigenvalue weighted by atomic mass is 79.9. The van der Waals surface area contributed by atoms with Crippen LogP contribution in [0.3, 0.4) is 0 Å². The van der Waals surface area contributed by atoms with Crippen molar-refractivity contribution >= 4 is 39.4 Å². The van der Waals surface area contributed by atoms with Crippen LogP contribution in [-0.4, -0.2) is 36.7 Å². The molecule has 3 aliphatic rings. The Kier molecular flexibility index (Phi) is 7.44. The number of nitrogens with one attached hydrogen (secondary N) is 1. The molecule has 0 saturated carbocycles. The molecule has 5 rings (SSSR count). The van der Waals surface area contributed by atoms with Gasteiger partial charge in [0.05, 0.1) is 5.57 Å². The van der Waals surface area contributed by atoms with Gasteiger partial charge in [-0.05, 0) is 48.3 Å². The number of carbonyl (C=O) groups excluding carboxylic acids is 2. The average molecular weight is 571 g/mol. The van der Waals surface area contributed by atoms with E-state index in [2.05, 4.69) is 40.3 Å². The molecule has 0 spiro atoms. The van der Waals surface area contributed by atoms with Crippen molar-refractivity contribution in [2.75, 3.05) is 24.9 Å². The van der Waals surface area contributed by atoms with Crippen LogP contribution in [0.1, 0.15) is 49.7 Å². The van der Waals surface area contributed by atoms with Crippen LogP contribution >= 0.6 is 27.7 Å². The third kappa shape index (κ3) is 4.81. The number of thioether (sulfide) groups is 1. The molecule has 0 amide bonds. The number of hydrogen-bond donors (Lipinski definition) is 1. The summed E-state index contributed by atoms with van der Waals surface area (Å²) >= 11 is 5.39. The topological polar surface area (TPSA) is 73.9 Å². The van der Waals surface area contributed by atoms with Gasteiger partial charge >= 0.3 is 5.97 Å². The number of allylic oxidation sites excluding steroid dienone is 3. The van der Waals surface area contributed by atoms with E-state index in [-0.39, 0.29) is 18.5 Å². The molecular formula is C28H28BrNO5S. The van der Waals surface area contributed by atoms with Crippen molar-refractivity contribution in [1.82, 2.24) is 5.32 Å². The van der Waals surface area contributed by atoms with Crippen LogP contribution in [0.15, 0.2) is 69.5 Å². The van der Waals surface area contributed by atoms with Crippen LogP contribution in [0, 0.1) is 0 Å². The van der Waals surface area contributed by atoms with Gasteiger partial charge in [-0.2, -0.15) is 11.8 Å². The molecule has 188 valence electrons.